The van der Waals surface area contributed by atoms with Gasteiger partial charge >= 0.3 is 0 Å². The third kappa shape index (κ3) is 4.81. The zero-order valence-electron chi connectivity index (χ0n) is 16.2. The Bertz CT molecular complexity index is 838. The minimum Gasteiger partial charge on any atom is -0.507 e. The standard InChI is InChI=1S/C24H28FNO2/c25-23-15-18(16-26-12-3-13-26)6-8-20(23)9-10-21-14-19(7-11-24(21)27)17-28-22-4-1-2-5-22/h6-11,14-15,22,27H,1-5,12-13,16-17H2/b10-9+. The molecule has 148 valence electrons. The van der Waals surface area contributed by atoms with Gasteiger partial charge in [0, 0.05) is 17.7 Å². The number of likely N-dealkylation sites (tertiary alicyclic amines) is 1. The number of nitrogens with zero attached hydrogens (tertiary/aromatic N) is 1. The van der Waals surface area contributed by atoms with Crippen LogP contribution < -0.4 is 0 Å². The second kappa shape index (κ2) is 8.89. The molecule has 0 amide bonds. The van der Waals surface area contributed by atoms with Crippen molar-refractivity contribution in [1.29, 1.82) is 0 Å². The number of halogens is 1. The van der Waals surface area contributed by atoms with Gasteiger partial charge in [0.1, 0.15) is 11.6 Å². The highest BCUT2D eigenvalue weighted by Gasteiger charge is 2.16. The van der Waals surface area contributed by atoms with Crippen molar-refractivity contribution >= 4 is 12.2 Å². The highest BCUT2D eigenvalue weighted by Crippen LogP contribution is 2.25. The maximum Gasteiger partial charge on any atom is 0.130 e. The minimum absolute atomic E-state index is 0.190. The summed E-state index contributed by atoms with van der Waals surface area (Å²) in [7, 11) is 0. The first-order chi connectivity index (χ1) is 13.7. The molecule has 0 aromatic heterocycles. The minimum atomic E-state index is -0.227. The van der Waals surface area contributed by atoms with Gasteiger partial charge in [0.05, 0.1) is 12.7 Å². The van der Waals surface area contributed by atoms with Gasteiger partial charge in [-0.1, -0.05) is 43.2 Å². The van der Waals surface area contributed by atoms with Crippen LogP contribution in [0.3, 0.4) is 0 Å². The molecule has 1 heterocycles. The highest BCUT2D eigenvalue weighted by atomic mass is 19.1. The molecule has 1 aliphatic carbocycles. The second-order valence-electron chi connectivity index (χ2n) is 7.93. The fourth-order valence-corrected chi connectivity index (χ4v) is 3.88. The summed E-state index contributed by atoms with van der Waals surface area (Å²) in [6.07, 6.45) is 9.85. The number of hydrogen-bond acceptors (Lipinski definition) is 3. The number of aromatic hydroxyl groups is 1. The highest BCUT2D eigenvalue weighted by molar-refractivity contribution is 5.73. The lowest BCUT2D eigenvalue weighted by molar-refractivity contribution is 0.0457. The van der Waals surface area contributed by atoms with Crippen LogP contribution in [0.25, 0.3) is 12.2 Å². The van der Waals surface area contributed by atoms with Crippen LogP contribution in [-0.4, -0.2) is 29.2 Å². The van der Waals surface area contributed by atoms with Gasteiger partial charge < -0.3 is 9.84 Å². The van der Waals surface area contributed by atoms with Gasteiger partial charge in [0.15, 0.2) is 0 Å². The van der Waals surface area contributed by atoms with Gasteiger partial charge in [-0.25, -0.2) is 4.39 Å². The molecule has 4 rings (SSSR count). The zero-order valence-corrected chi connectivity index (χ0v) is 16.2. The molecule has 0 unspecified atom stereocenters. The maximum atomic E-state index is 14.4. The van der Waals surface area contributed by atoms with E-state index in [1.165, 1.54) is 19.3 Å². The smallest absolute Gasteiger partial charge is 0.130 e. The topological polar surface area (TPSA) is 32.7 Å². The first-order valence-corrected chi connectivity index (χ1v) is 10.3. The Labute approximate surface area is 166 Å². The summed E-state index contributed by atoms with van der Waals surface area (Å²) in [6.45, 7) is 3.56. The van der Waals surface area contributed by atoms with Crippen LogP contribution >= 0.6 is 0 Å². The summed E-state index contributed by atoms with van der Waals surface area (Å²) in [6, 6.07) is 10.9. The van der Waals surface area contributed by atoms with E-state index in [1.807, 2.05) is 24.3 Å². The van der Waals surface area contributed by atoms with Crippen LogP contribution in [0.5, 0.6) is 5.75 Å². The normalized spacial score (nSPS) is 18.0. The number of phenolic OH excluding ortho intramolecular Hbond substituents is 1. The van der Waals surface area contributed by atoms with Gasteiger partial charge in [0.2, 0.25) is 0 Å². The van der Waals surface area contributed by atoms with Crippen LogP contribution in [0.1, 0.15) is 54.4 Å². The predicted molar refractivity (Wildman–Crippen MR) is 110 cm³/mol. The SMILES string of the molecule is Oc1ccc(COC2CCCC2)cc1/C=C/c1ccc(CN2CCC2)cc1F. The third-order valence-electron chi connectivity index (χ3n) is 5.74. The number of rotatable bonds is 7. The van der Waals surface area contributed by atoms with Crippen molar-refractivity contribution in [1.82, 2.24) is 4.90 Å². The predicted octanol–water partition coefficient (Wildman–Crippen LogP) is 5.37. The van der Waals surface area contributed by atoms with Gasteiger partial charge in [0.25, 0.3) is 0 Å². The Morgan fingerprint density at radius 3 is 2.43 bits per heavy atom. The van der Waals surface area contributed by atoms with E-state index in [-0.39, 0.29) is 11.6 Å². The molecule has 3 nitrogen and oxygen atoms in total. The Hall–Kier alpha value is -2.17. The molecule has 2 aromatic carbocycles. The van der Waals surface area contributed by atoms with Crippen molar-refractivity contribution in [3.05, 3.63) is 64.5 Å². The molecule has 2 fully saturated rings. The first-order valence-electron chi connectivity index (χ1n) is 10.3. The lowest BCUT2D eigenvalue weighted by Gasteiger charge is -2.30. The summed E-state index contributed by atoms with van der Waals surface area (Å²) >= 11 is 0. The molecule has 1 saturated carbocycles. The Balaban J connectivity index is 1.42. The number of phenols is 1. The van der Waals surface area contributed by atoms with E-state index in [9.17, 15) is 9.50 Å². The molecule has 0 radical (unpaired) electrons. The molecule has 2 aliphatic rings. The molecular formula is C24H28FNO2. The molecule has 1 saturated heterocycles. The molecule has 0 atom stereocenters. The first kappa shape index (κ1) is 19.2. The molecule has 1 N–H and O–H groups in total. The van der Waals surface area contributed by atoms with E-state index in [1.54, 1.807) is 24.3 Å². The molecule has 0 spiro atoms. The molecule has 1 aliphatic heterocycles. The molecule has 0 bridgehead atoms. The average molecular weight is 381 g/mol. The average Bonchev–Trinajstić information content (AvgIpc) is 3.18. The van der Waals surface area contributed by atoms with Crippen LogP contribution in [0.15, 0.2) is 36.4 Å². The van der Waals surface area contributed by atoms with Crippen LogP contribution in [0.2, 0.25) is 0 Å². The summed E-state index contributed by atoms with van der Waals surface area (Å²) in [5.41, 5.74) is 3.23. The lowest BCUT2D eigenvalue weighted by atomic mass is 10.1. The molecular weight excluding hydrogens is 353 g/mol. The van der Waals surface area contributed by atoms with Crippen molar-refractivity contribution in [2.24, 2.45) is 0 Å². The summed E-state index contributed by atoms with van der Waals surface area (Å²) in [5.74, 6) is -0.0369. The fraction of sp³-hybridized carbons (Fsp3) is 0.417. The van der Waals surface area contributed by atoms with Crippen LogP contribution in [0, 0.1) is 5.82 Å². The lowest BCUT2D eigenvalue weighted by Crippen LogP contribution is -2.36. The molecule has 2 aromatic rings. The van der Waals surface area contributed by atoms with E-state index < -0.39 is 0 Å². The third-order valence-corrected chi connectivity index (χ3v) is 5.74. The van der Waals surface area contributed by atoms with E-state index in [4.69, 9.17) is 4.74 Å². The van der Waals surface area contributed by atoms with Gasteiger partial charge in [-0.05, 0) is 61.7 Å². The van der Waals surface area contributed by atoms with Crippen molar-refractivity contribution in [3.8, 4) is 5.75 Å². The van der Waals surface area contributed by atoms with Crippen molar-refractivity contribution in [2.75, 3.05) is 13.1 Å². The monoisotopic (exact) mass is 381 g/mol. The Morgan fingerprint density at radius 1 is 0.964 bits per heavy atom. The summed E-state index contributed by atoms with van der Waals surface area (Å²) in [5, 5.41) is 10.1. The van der Waals surface area contributed by atoms with E-state index in [2.05, 4.69) is 4.90 Å². The van der Waals surface area contributed by atoms with E-state index in [0.29, 0.717) is 23.8 Å². The molecule has 4 heteroatoms. The fourth-order valence-electron chi connectivity index (χ4n) is 3.88. The van der Waals surface area contributed by atoms with Crippen molar-refractivity contribution in [3.63, 3.8) is 0 Å². The Kier molecular flexibility index (Phi) is 6.08. The summed E-state index contributed by atoms with van der Waals surface area (Å²) < 4.78 is 20.4. The van der Waals surface area contributed by atoms with Crippen LogP contribution in [-0.2, 0) is 17.9 Å². The number of hydrogen-bond donors (Lipinski definition) is 1. The largest absolute Gasteiger partial charge is 0.507 e. The number of benzene rings is 2. The van der Waals surface area contributed by atoms with Gasteiger partial charge in [-0.15, -0.1) is 0 Å². The van der Waals surface area contributed by atoms with Crippen molar-refractivity contribution < 1.29 is 14.2 Å². The van der Waals surface area contributed by atoms with Gasteiger partial charge in [-0.2, -0.15) is 0 Å². The van der Waals surface area contributed by atoms with E-state index in [0.717, 1.165) is 43.6 Å². The van der Waals surface area contributed by atoms with Crippen molar-refractivity contribution in [2.45, 2.75) is 51.4 Å². The Morgan fingerprint density at radius 2 is 1.71 bits per heavy atom. The zero-order chi connectivity index (χ0) is 19.3. The van der Waals surface area contributed by atoms with Gasteiger partial charge in [-0.3, -0.25) is 4.90 Å². The second-order valence-corrected chi connectivity index (χ2v) is 7.93. The molecule has 28 heavy (non-hydrogen) atoms. The van der Waals surface area contributed by atoms with E-state index >= 15 is 0 Å². The maximum absolute atomic E-state index is 14.4. The van der Waals surface area contributed by atoms with Crippen LogP contribution in [0.4, 0.5) is 4.39 Å². The summed E-state index contributed by atoms with van der Waals surface area (Å²) in [4.78, 5) is 2.31. The quantitative estimate of drug-likeness (QED) is 0.655. The number of ether oxygens (including phenoxy) is 1.